The molecule has 0 unspecified atom stereocenters. The molecule has 0 bridgehead atoms. The summed E-state index contributed by atoms with van der Waals surface area (Å²) in [5, 5.41) is 0.843. The number of carbonyl (C=O) groups excluding carboxylic acids is 1. The second-order valence-corrected chi connectivity index (χ2v) is 6.47. The number of carbonyl (C=O) groups is 1. The molecule has 2 saturated carbocycles. The molecule has 1 amide bonds. The molecule has 2 aromatic rings. The highest BCUT2D eigenvalue weighted by molar-refractivity contribution is 6.06. The van der Waals surface area contributed by atoms with Gasteiger partial charge in [0.1, 0.15) is 0 Å². The van der Waals surface area contributed by atoms with Gasteiger partial charge in [-0.05, 0) is 31.7 Å². The van der Waals surface area contributed by atoms with Gasteiger partial charge in [0.25, 0.3) is 5.91 Å². The Morgan fingerprint density at radius 2 is 1.73 bits per heavy atom. The monoisotopic (exact) mass is 296 g/mol. The van der Waals surface area contributed by atoms with Crippen molar-refractivity contribution < 1.29 is 4.79 Å². The van der Waals surface area contributed by atoms with Crippen molar-refractivity contribution in [2.45, 2.75) is 50.6 Å². The van der Waals surface area contributed by atoms with Crippen LogP contribution in [0.4, 0.5) is 0 Å². The van der Waals surface area contributed by atoms with Gasteiger partial charge in [-0.3, -0.25) is 9.59 Å². The van der Waals surface area contributed by atoms with Crippen LogP contribution in [0.15, 0.2) is 35.1 Å². The van der Waals surface area contributed by atoms with Crippen molar-refractivity contribution in [3.8, 4) is 0 Å². The fourth-order valence-corrected chi connectivity index (χ4v) is 3.69. The van der Waals surface area contributed by atoms with Crippen LogP contribution in [0.25, 0.3) is 10.9 Å². The Balaban J connectivity index is 1.79. The SMILES string of the molecule is O=C(c1cc(=O)[nH]c2ccccc12)N(C1CCCC1)C1CC1. The van der Waals surface area contributed by atoms with E-state index in [0.29, 0.717) is 17.6 Å². The molecule has 0 saturated heterocycles. The topological polar surface area (TPSA) is 53.2 Å². The smallest absolute Gasteiger partial charge is 0.255 e. The molecule has 1 N–H and O–H groups in total. The first-order chi connectivity index (χ1) is 10.7. The minimum Gasteiger partial charge on any atom is -0.333 e. The molecule has 1 aromatic heterocycles. The summed E-state index contributed by atoms with van der Waals surface area (Å²) in [5.41, 5.74) is 1.09. The third-order valence-electron chi connectivity index (χ3n) is 4.87. The molecule has 0 spiro atoms. The number of fused-ring (bicyclic) bond motifs is 1. The minimum absolute atomic E-state index is 0.0386. The molecule has 4 heteroatoms. The summed E-state index contributed by atoms with van der Waals surface area (Å²) >= 11 is 0. The molecule has 0 radical (unpaired) electrons. The average molecular weight is 296 g/mol. The summed E-state index contributed by atoms with van der Waals surface area (Å²) in [6, 6.07) is 9.76. The molecule has 0 atom stereocenters. The number of aromatic amines is 1. The molecule has 114 valence electrons. The van der Waals surface area contributed by atoms with Crippen LogP contribution in [-0.4, -0.2) is 27.9 Å². The highest BCUT2D eigenvalue weighted by Crippen LogP contribution is 2.36. The lowest BCUT2D eigenvalue weighted by Crippen LogP contribution is -2.41. The Bertz CT molecular complexity index is 770. The number of hydrogen-bond donors (Lipinski definition) is 1. The minimum atomic E-state index is -0.204. The first-order valence-electron chi connectivity index (χ1n) is 8.19. The Morgan fingerprint density at radius 3 is 2.45 bits per heavy atom. The molecule has 2 aliphatic rings. The van der Waals surface area contributed by atoms with Gasteiger partial charge >= 0.3 is 0 Å². The molecular weight excluding hydrogens is 276 g/mol. The van der Waals surface area contributed by atoms with E-state index in [9.17, 15) is 9.59 Å². The van der Waals surface area contributed by atoms with Crippen LogP contribution in [0.3, 0.4) is 0 Å². The second-order valence-electron chi connectivity index (χ2n) is 6.47. The van der Waals surface area contributed by atoms with Gasteiger partial charge in [-0.15, -0.1) is 0 Å². The molecule has 1 aromatic carbocycles. The Labute approximate surface area is 129 Å². The number of nitrogens with zero attached hydrogens (tertiary/aromatic N) is 1. The Kier molecular flexibility index (Phi) is 3.25. The number of aromatic nitrogens is 1. The number of benzene rings is 1. The van der Waals surface area contributed by atoms with Gasteiger partial charge in [0.15, 0.2) is 0 Å². The lowest BCUT2D eigenvalue weighted by molar-refractivity contribution is 0.0666. The van der Waals surface area contributed by atoms with Crippen LogP contribution in [-0.2, 0) is 0 Å². The van der Waals surface area contributed by atoms with Crippen LogP contribution in [0, 0.1) is 0 Å². The quantitative estimate of drug-likeness (QED) is 0.946. The van der Waals surface area contributed by atoms with E-state index < -0.39 is 0 Å². The molecule has 1 heterocycles. The molecule has 2 fully saturated rings. The van der Waals surface area contributed by atoms with E-state index in [0.717, 1.165) is 36.6 Å². The van der Waals surface area contributed by atoms with Gasteiger partial charge in [-0.1, -0.05) is 31.0 Å². The number of H-pyrrole nitrogens is 1. The first-order valence-corrected chi connectivity index (χ1v) is 8.19. The largest absolute Gasteiger partial charge is 0.333 e. The van der Waals surface area contributed by atoms with Crippen molar-refractivity contribution in [1.82, 2.24) is 9.88 Å². The maximum atomic E-state index is 13.2. The maximum absolute atomic E-state index is 13.2. The number of rotatable bonds is 3. The van der Waals surface area contributed by atoms with Gasteiger partial charge < -0.3 is 9.88 Å². The zero-order valence-corrected chi connectivity index (χ0v) is 12.5. The summed E-state index contributed by atoms with van der Waals surface area (Å²) in [4.78, 5) is 30.0. The fraction of sp³-hybridized carbons (Fsp3) is 0.444. The molecular formula is C18H20N2O2. The number of nitrogens with one attached hydrogen (secondary N) is 1. The van der Waals surface area contributed by atoms with E-state index in [1.54, 1.807) is 0 Å². The summed E-state index contributed by atoms with van der Waals surface area (Å²) < 4.78 is 0. The van der Waals surface area contributed by atoms with Crippen molar-refractivity contribution in [2.24, 2.45) is 0 Å². The van der Waals surface area contributed by atoms with Crippen LogP contribution >= 0.6 is 0 Å². The van der Waals surface area contributed by atoms with Gasteiger partial charge in [0.2, 0.25) is 5.56 Å². The third-order valence-corrected chi connectivity index (χ3v) is 4.87. The zero-order chi connectivity index (χ0) is 15.1. The number of amides is 1. The predicted octanol–water partition coefficient (Wildman–Crippen LogP) is 3.08. The molecule has 0 aliphatic heterocycles. The van der Waals surface area contributed by atoms with E-state index in [-0.39, 0.29) is 11.5 Å². The van der Waals surface area contributed by atoms with Crippen LogP contribution in [0.1, 0.15) is 48.9 Å². The van der Waals surface area contributed by atoms with E-state index in [1.807, 2.05) is 24.3 Å². The number of hydrogen-bond acceptors (Lipinski definition) is 2. The summed E-state index contributed by atoms with van der Waals surface area (Å²) in [7, 11) is 0. The van der Waals surface area contributed by atoms with Gasteiger partial charge in [-0.25, -0.2) is 0 Å². The number of pyridine rings is 1. The standard InChI is InChI=1S/C18H20N2O2/c21-17-11-15(14-7-3-4-8-16(14)19-17)18(22)20(13-9-10-13)12-5-1-2-6-12/h3-4,7-8,11-13H,1-2,5-6,9-10H2,(H,19,21). The lowest BCUT2D eigenvalue weighted by atomic mass is 10.1. The highest BCUT2D eigenvalue weighted by Gasteiger charge is 2.39. The second kappa shape index (κ2) is 5.27. The van der Waals surface area contributed by atoms with E-state index in [4.69, 9.17) is 0 Å². The summed E-state index contributed by atoms with van der Waals surface area (Å²) in [5.74, 6) is 0.0386. The van der Waals surface area contributed by atoms with Gasteiger partial charge in [0.05, 0.1) is 5.56 Å². The van der Waals surface area contributed by atoms with Crippen LogP contribution < -0.4 is 5.56 Å². The van der Waals surface area contributed by atoms with Crippen molar-refractivity contribution in [3.05, 3.63) is 46.2 Å². The van der Waals surface area contributed by atoms with E-state index >= 15 is 0 Å². The van der Waals surface area contributed by atoms with Crippen molar-refractivity contribution >= 4 is 16.8 Å². The van der Waals surface area contributed by atoms with Crippen LogP contribution in [0.2, 0.25) is 0 Å². The van der Waals surface area contributed by atoms with E-state index in [1.165, 1.54) is 18.9 Å². The zero-order valence-electron chi connectivity index (χ0n) is 12.5. The van der Waals surface area contributed by atoms with Gasteiger partial charge in [0, 0.05) is 29.1 Å². The number of para-hydroxylation sites is 1. The molecule has 4 rings (SSSR count). The molecule has 2 aliphatic carbocycles. The maximum Gasteiger partial charge on any atom is 0.255 e. The third kappa shape index (κ3) is 2.32. The van der Waals surface area contributed by atoms with Crippen molar-refractivity contribution in [1.29, 1.82) is 0 Å². The van der Waals surface area contributed by atoms with Gasteiger partial charge in [-0.2, -0.15) is 0 Å². The summed E-state index contributed by atoms with van der Waals surface area (Å²) in [6.45, 7) is 0. The Hall–Kier alpha value is -2.10. The molecule has 4 nitrogen and oxygen atoms in total. The first kappa shape index (κ1) is 13.6. The lowest BCUT2D eigenvalue weighted by Gasteiger charge is -2.29. The summed E-state index contributed by atoms with van der Waals surface area (Å²) in [6.07, 6.45) is 6.81. The van der Waals surface area contributed by atoms with Crippen molar-refractivity contribution in [2.75, 3.05) is 0 Å². The van der Waals surface area contributed by atoms with Crippen molar-refractivity contribution in [3.63, 3.8) is 0 Å². The predicted molar refractivity (Wildman–Crippen MR) is 86.0 cm³/mol. The molecule has 22 heavy (non-hydrogen) atoms. The average Bonchev–Trinajstić information content (AvgIpc) is 3.20. The van der Waals surface area contributed by atoms with Crippen LogP contribution in [0.5, 0.6) is 0 Å². The normalized spacial score (nSPS) is 18.7. The fourth-order valence-electron chi connectivity index (χ4n) is 3.69. The van der Waals surface area contributed by atoms with E-state index in [2.05, 4.69) is 9.88 Å². The Morgan fingerprint density at radius 1 is 1.05 bits per heavy atom. The highest BCUT2D eigenvalue weighted by atomic mass is 16.2.